The van der Waals surface area contributed by atoms with Gasteiger partial charge in [0, 0.05) is 13.0 Å². The highest BCUT2D eigenvalue weighted by molar-refractivity contribution is 7.53. The van der Waals surface area contributed by atoms with Crippen LogP contribution in [0, 0.1) is 0 Å². The molecule has 2 unspecified atom stereocenters. The summed E-state index contributed by atoms with van der Waals surface area (Å²) in [5.41, 5.74) is -0.390. The van der Waals surface area contributed by atoms with E-state index in [1.54, 1.807) is 0 Å². The molecule has 0 amide bonds. The third-order valence-electron chi connectivity index (χ3n) is 5.85. The highest BCUT2D eigenvalue weighted by Gasteiger charge is 2.42. The van der Waals surface area contributed by atoms with Crippen molar-refractivity contribution in [3.63, 3.8) is 0 Å². The smallest absolute Gasteiger partial charge is 0.379 e. The molecular weight excluding hydrogens is 473 g/mol. The van der Waals surface area contributed by atoms with Crippen LogP contribution in [0.4, 0.5) is 0 Å². The summed E-state index contributed by atoms with van der Waals surface area (Å²) in [6, 6.07) is 0. The lowest BCUT2D eigenvalue weighted by atomic mass is 10.1. The quantitative estimate of drug-likeness (QED) is 0.0665. The molecule has 0 aliphatic rings. The van der Waals surface area contributed by atoms with Crippen LogP contribution in [0.15, 0.2) is 24.3 Å². The lowest BCUT2D eigenvalue weighted by Crippen LogP contribution is -2.45. The molecule has 0 rings (SSSR count). The van der Waals surface area contributed by atoms with Gasteiger partial charge in [-0.05, 0) is 72.1 Å². The zero-order valence-corrected chi connectivity index (χ0v) is 25.7. The fourth-order valence-electron chi connectivity index (χ4n) is 4.13. The van der Waals surface area contributed by atoms with Crippen molar-refractivity contribution in [2.24, 2.45) is 0 Å². The number of rotatable bonds is 22. The molecule has 0 saturated carbocycles. The molecule has 0 spiro atoms. The number of hydrogen-bond acceptors (Lipinski definition) is 4. The van der Waals surface area contributed by atoms with Crippen molar-refractivity contribution in [3.8, 4) is 0 Å². The molecule has 0 aliphatic carbocycles. The van der Waals surface area contributed by atoms with Gasteiger partial charge in [-0.1, -0.05) is 51.0 Å². The molecule has 0 aromatic heterocycles. The first-order valence-electron chi connectivity index (χ1n) is 14.2. The average molecular weight is 533 g/mol. The molecule has 0 aromatic rings. The first kappa shape index (κ1) is 35.5. The van der Waals surface area contributed by atoms with Gasteiger partial charge in [-0.25, -0.2) is 0 Å². The van der Waals surface area contributed by atoms with Crippen LogP contribution in [0.25, 0.3) is 0 Å². The number of allylic oxidation sites excluding steroid dienone is 4. The van der Waals surface area contributed by atoms with Crippen molar-refractivity contribution in [3.05, 3.63) is 24.3 Å². The molecule has 0 aliphatic heterocycles. The van der Waals surface area contributed by atoms with Crippen molar-refractivity contribution < 1.29 is 27.9 Å². The van der Waals surface area contributed by atoms with Crippen molar-refractivity contribution in [2.45, 2.75) is 123 Å². The van der Waals surface area contributed by atoms with Gasteiger partial charge in [0.05, 0.1) is 40.0 Å². The van der Waals surface area contributed by atoms with Crippen LogP contribution in [0.3, 0.4) is 0 Å². The van der Waals surface area contributed by atoms with Crippen LogP contribution in [0.1, 0.15) is 105 Å². The number of quaternary nitrogens is 1. The zero-order chi connectivity index (χ0) is 27.5. The number of unbranched alkanes of at least 4 members (excludes halogenated alkanes) is 7. The molecule has 0 bridgehead atoms. The molecule has 0 fully saturated rings. The van der Waals surface area contributed by atoms with Gasteiger partial charge >= 0.3 is 7.60 Å². The van der Waals surface area contributed by atoms with Gasteiger partial charge in [0.1, 0.15) is 6.10 Å². The van der Waals surface area contributed by atoms with Crippen molar-refractivity contribution in [2.75, 3.05) is 41.0 Å². The second-order valence-electron chi connectivity index (χ2n) is 11.7. The summed E-state index contributed by atoms with van der Waals surface area (Å²) in [7, 11) is 1.95. The summed E-state index contributed by atoms with van der Waals surface area (Å²) in [5.74, 6) is -0.476. The molecule has 0 aromatic carbocycles. The molecule has 214 valence electrons. The Labute approximate surface area is 223 Å². The van der Waals surface area contributed by atoms with Gasteiger partial charge in [0.15, 0.2) is 5.78 Å². The van der Waals surface area contributed by atoms with Crippen molar-refractivity contribution in [1.82, 2.24) is 0 Å². The van der Waals surface area contributed by atoms with Gasteiger partial charge in [0.2, 0.25) is 0 Å². The fourth-order valence-corrected chi connectivity index (χ4v) is 6.02. The van der Waals surface area contributed by atoms with Gasteiger partial charge in [0.25, 0.3) is 0 Å². The largest absolute Gasteiger partial charge is 0.385 e. The molecule has 7 heteroatoms. The number of hydrogen-bond donors (Lipinski definition) is 1. The van der Waals surface area contributed by atoms with Crippen LogP contribution < -0.4 is 0 Å². The van der Waals surface area contributed by atoms with Crippen molar-refractivity contribution in [1.29, 1.82) is 0 Å². The monoisotopic (exact) mass is 532 g/mol. The van der Waals surface area contributed by atoms with Crippen LogP contribution in [-0.2, 0) is 18.6 Å². The Hall–Kier alpha value is -0.490. The summed E-state index contributed by atoms with van der Waals surface area (Å²) in [4.78, 5) is 10.6. The molecule has 1 N–H and O–H groups in total. The Morgan fingerprint density at radius 3 is 1.83 bits per heavy atom. The third kappa shape index (κ3) is 19.6. The number of nitrogens with zero attached hydrogens (tertiary/aromatic N) is 1. The summed E-state index contributed by atoms with van der Waals surface area (Å²) < 4.78 is 30.8. The summed E-state index contributed by atoms with van der Waals surface area (Å²) >= 11 is 0. The van der Waals surface area contributed by atoms with Crippen LogP contribution in [0.2, 0.25) is 0 Å². The summed E-state index contributed by atoms with van der Waals surface area (Å²) in [6.45, 7) is 11.1. The SMILES string of the molecule is CCC/C=C\CCCC/C=C\CCCCCOC[C@H](COP(=O)(O)C(CC)[N+](C)(C)C)OC(C)(C)C. The maximum absolute atomic E-state index is 12.9. The summed E-state index contributed by atoms with van der Waals surface area (Å²) in [5, 5.41) is 0. The van der Waals surface area contributed by atoms with E-state index in [1.807, 2.05) is 48.8 Å². The van der Waals surface area contributed by atoms with E-state index in [0.717, 1.165) is 19.3 Å². The van der Waals surface area contributed by atoms with Crippen LogP contribution >= 0.6 is 7.60 Å². The molecular formula is C29H59NO5P+. The molecule has 36 heavy (non-hydrogen) atoms. The van der Waals surface area contributed by atoms with E-state index >= 15 is 0 Å². The van der Waals surface area contributed by atoms with Gasteiger partial charge < -0.3 is 23.4 Å². The second-order valence-corrected chi connectivity index (χ2v) is 13.6. The molecule has 0 radical (unpaired) electrons. The maximum atomic E-state index is 12.9. The zero-order valence-electron chi connectivity index (χ0n) is 24.8. The Bertz CT molecular complexity index is 637. The van der Waals surface area contributed by atoms with Crippen molar-refractivity contribution >= 4 is 7.60 Å². The van der Waals surface area contributed by atoms with E-state index in [-0.39, 0.29) is 18.3 Å². The first-order valence-corrected chi connectivity index (χ1v) is 15.8. The molecule has 0 saturated heterocycles. The highest BCUT2D eigenvalue weighted by atomic mass is 31.2. The van der Waals surface area contributed by atoms with E-state index in [2.05, 4.69) is 31.2 Å². The lowest BCUT2D eigenvalue weighted by Gasteiger charge is -2.36. The van der Waals surface area contributed by atoms with E-state index < -0.39 is 13.4 Å². The molecule has 6 nitrogen and oxygen atoms in total. The molecule has 3 atom stereocenters. The Morgan fingerprint density at radius 1 is 0.833 bits per heavy atom. The minimum atomic E-state index is -3.79. The van der Waals surface area contributed by atoms with E-state index in [1.165, 1.54) is 44.9 Å². The van der Waals surface area contributed by atoms with Crippen LogP contribution in [0.5, 0.6) is 0 Å². The van der Waals surface area contributed by atoms with E-state index in [4.69, 9.17) is 14.0 Å². The Kier molecular flexibility index (Phi) is 19.3. The Morgan fingerprint density at radius 2 is 1.36 bits per heavy atom. The van der Waals surface area contributed by atoms with Gasteiger partial charge in [-0.15, -0.1) is 0 Å². The molecule has 0 heterocycles. The fraction of sp³-hybridized carbons (Fsp3) is 0.862. The topological polar surface area (TPSA) is 65.0 Å². The van der Waals surface area contributed by atoms with Gasteiger partial charge in [-0.2, -0.15) is 0 Å². The highest BCUT2D eigenvalue weighted by Crippen LogP contribution is 2.51. The average Bonchev–Trinajstić information content (AvgIpc) is 2.75. The number of ether oxygens (including phenoxy) is 2. The maximum Gasteiger partial charge on any atom is 0.385 e. The lowest BCUT2D eigenvalue weighted by molar-refractivity contribution is -0.883. The minimum absolute atomic E-state index is 0.0430. The predicted molar refractivity (Wildman–Crippen MR) is 153 cm³/mol. The Balaban J connectivity index is 4.17. The third-order valence-corrected chi connectivity index (χ3v) is 8.18. The minimum Gasteiger partial charge on any atom is -0.379 e. The van der Waals surface area contributed by atoms with Crippen LogP contribution in [-0.4, -0.2) is 67.8 Å². The normalized spacial score (nSPS) is 16.6. The van der Waals surface area contributed by atoms with E-state index in [0.29, 0.717) is 24.1 Å². The first-order chi connectivity index (χ1) is 16.8. The predicted octanol–water partition coefficient (Wildman–Crippen LogP) is 7.86. The summed E-state index contributed by atoms with van der Waals surface area (Å²) in [6.07, 6.45) is 21.2. The standard InChI is InChI=1S/C29H58NO5P/c1-9-11-12-13-14-15-16-17-18-19-20-21-22-23-24-33-25-27(35-29(3,4)5)26-34-36(31,32)28(10-2)30(6,7)8/h12-13,18-19,27-28H,9-11,14-17,20-26H2,1-8H3/p+1/b13-12-,19-18-/t27-,28?/m1/s1. The second kappa shape index (κ2) is 19.6. The van der Waals surface area contributed by atoms with Gasteiger partial charge in [-0.3, -0.25) is 4.57 Å². The van der Waals surface area contributed by atoms with E-state index in [9.17, 15) is 9.46 Å².